The third-order valence-corrected chi connectivity index (χ3v) is 3.97. The highest BCUT2D eigenvalue weighted by Crippen LogP contribution is 2.19. The zero-order valence-corrected chi connectivity index (χ0v) is 14.0. The van der Waals surface area contributed by atoms with Crippen LogP contribution in [0.15, 0.2) is 60.7 Å². The number of amides is 1. The summed E-state index contributed by atoms with van der Waals surface area (Å²) in [6.45, 7) is 2.06. The molecule has 3 aromatic rings. The van der Waals surface area contributed by atoms with Crippen molar-refractivity contribution in [2.45, 2.75) is 13.3 Å². The van der Waals surface area contributed by atoms with Gasteiger partial charge in [0.1, 0.15) is 0 Å². The summed E-state index contributed by atoms with van der Waals surface area (Å²) in [5.74, 6) is -0.177. The largest absolute Gasteiger partial charge is 0.322 e. The van der Waals surface area contributed by atoms with E-state index in [0.29, 0.717) is 10.7 Å². The van der Waals surface area contributed by atoms with Gasteiger partial charge in [-0.15, -0.1) is 0 Å². The van der Waals surface area contributed by atoms with Gasteiger partial charge in [0.25, 0.3) is 0 Å². The van der Waals surface area contributed by atoms with E-state index in [1.54, 1.807) is 6.08 Å². The maximum Gasteiger partial charge on any atom is 0.248 e. The number of halogens is 1. The summed E-state index contributed by atoms with van der Waals surface area (Å²) >= 11 is 6.00. The maximum atomic E-state index is 12.1. The monoisotopic (exact) mass is 336 g/mol. The number of aryl methyl sites for hydroxylation is 1. The molecule has 3 rings (SSSR count). The van der Waals surface area contributed by atoms with Crippen LogP contribution in [0.5, 0.6) is 0 Å². The van der Waals surface area contributed by atoms with E-state index in [4.69, 9.17) is 11.6 Å². The Bertz CT molecular complexity index is 918. The molecule has 120 valence electrons. The van der Waals surface area contributed by atoms with E-state index in [1.165, 1.54) is 6.08 Å². The fourth-order valence-electron chi connectivity index (χ4n) is 2.48. The molecule has 0 aliphatic heterocycles. The zero-order chi connectivity index (χ0) is 16.9. The number of pyridine rings is 1. The summed E-state index contributed by atoms with van der Waals surface area (Å²) in [5.41, 5.74) is 3.47. The first-order chi connectivity index (χ1) is 11.7. The van der Waals surface area contributed by atoms with Crippen LogP contribution in [-0.2, 0) is 11.2 Å². The van der Waals surface area contributed by atoms with Gasteiger partial charge in [-0.25, -0.2) is 4.98 Å². The molecular weight excluding hydrogens is 320 g/mol. The molecule has 24 heavy (non-hydrogen) atoms. The Morgan fingerprint density at radius 2 is 1.96 bits per heavy atom. The standard InChI is InChI=1S/C20H17ClN2O/c1-2-14-5-3-4-6-18(14)23-20(24)12-11-17-10-8-15-7-9-16(21)13-19(15)22-17/h3-13H,2H2,1H3,(H,23,24)/b12-11+. The molecule has 4 heteroatoms. The Labute approximate surface area is 146 Å². The predicted octanol–water partition coefficient (Wildman–Crippen LogP) is 5.10. The van der Waals surface area contributed by atoms with E-state index in [-0.39, 0.29) is 5.91 Å². The fourth-order valence-corrected chi connectivity index (χ4v) is 2.65. The average Bonchev–Trinajstić information content (AvgIpc) is 2.60. The molecule has 0 radical (unpaired) electrons. The molecule has 3 nitrogen and oxygen atoms in total. The lowest BCUT2D eigenvalue weighted by molar-refractivity contribution is -0.111. The van der Waals surface area contributed by atoms with E-state index in [1.807, 2.05) is 54.6 Å². The number of nitrogens with one attached hydrogen (secondary N) is 1. The van der Waals surface area contributed by atoms with Gasteiger partial charge < -0.3 is 5.32 Å². The number of carbonyl (C=O) groups excluding carboxylic acids is 1. The second kappa shape index (κ2) is 7.28. The van der Waals surface area contributed by atoms with Crippen LogP contribution in [0, 0.1) is 0 Å². The van der Waals surface area contributed by atoms with Gasteiger partial charge in [0.2, 0.25) is 5.91 Å². The summed E-state index contributed by atoms with van der Waals surface area (Å²) < 4.78 is 0. The SMILES string of the molecule is CCc1ccccc1NC(=O)/C=C/c1ccc2ccc(Cl)cc2n1. The van der Waals surface area contributed by atoms with Crippen molar-refractivity contribution in [1.82, 2.24) is 4.98 Å². The molecule has 0 unspecified atom stereocenters. The molecule has 0 saturated heterocycles. The van der Waals surface area contributed by atoms with Gasteiger partial charge in [0.15, 0.2) is 0 Å². The Morgan fingerprint density at radius 1 is 1.17 bits per heavy atom. The number of carbonyl (C=O) groups is 1. The van der Waals surface area contributed by atoms with Gasteiger partial charge in [0.05, 0.1) is 11.2 Å². The van der Waals surface area contributed by atoms with Crippen molar-refractivity contribution in [2.75, 3.05) is 5.32 Å². The number of rotatable bonds is 4. The Kier molecular flexibility index (Phi) is 4.92. The van der Waals surface area contributed by atoms with Gasteiger partial charge >= 0.3 is 0 Å². The molecule has 0 saturated carbocycles. The van der Waals surface area contributed by atoms with Crippen molar-refractivity contribution >= 4 is 40.2 Å². The molecule has 0 aliphatic carbocycles. The van der Waals surface area contributed by atoms with E-state index in [0.717, 1.165) is 28.6 Å². The van der Waals surface area contributed by atoms with Crippen molar-refractivity contribution in [2.24, 2.45) is 0 Å². The van der Waals surface area contributed by atoms with Crippen LogP contribution in [-0.4, -0.2) is 10.9 Å². The lowest BCUT2D eigenvalue weighted by Crippen LogP contribution is -2.09. The molecule has 0 aliphatic rings. The molecule has 1 aromatic heterocycles. The number of aromatic nitrogens is 1. The molecule has 1 N–H and O–H groups in total. The van der Waals surface area contributed by atoms with Crippen LogP contribution in [0.2, 0.25) is 5.02 Å². The van der Waals surface area contributed by atoms with E-state index < -0.39 is 0 Å². The van der Waals surface area contributed by atoms with Crippen LogP contribution in [0.3, 0.4) is 0 Å². The minimum absolute atomic E-state index is 0.177. The summed E-state index contributed by atoms with van der Waals surface area (Å²) in [6, 6.07) is 17.2. The second-order valence-corrected chi connectivity index (χ2v) is 5.84. The number of nitrogens with zero attached hydrogens (tertiary/aromatic N) is 1. The number of benzene rings is 2. The predicted molar refractivity (Wildman–Crippen MR) is 100 cm³/mol. The molecule has 0 fully saturated rings. The van der Waals surface area contributed by atoms with Crippen LogP contribution in [0.1, 0.15) is 18.2 Å². The third-order valence-electron chi connectivity index (χ3n) is 3.74. The van der Waals surface area contributed by atoms with Crippen molar-refractivity contribution in [3.05, 3.63) is 77.0 Å². The minimum atomic E-state index is -0.177. The van der Waals surface area contributed by atoms with Crippen molar-refractivity contribution < 1.29 is 4.79 Å². The molecule has 0 bridgehead atoms. The highest BCUT2D eigenvalue weighted by molar-refractivity contribution is 6.31. The lowest BCUT2D eigenvalue weighted by atomic mass is 10.1. The topological polar surface area (TPSA) is 42.0 Å². The Hall–Kier alpha value is -2.65. The number of hydrogen-bond acceptors (Lipinski definition) is 2. The number of hydrogen-bond donors (Lipinski definition) is 1. The lowest BCUT2D eigenvalue weighted by Gasteiger charge is -2.07. The van der Waals surface area contributed by atoms with Crippen molar-refractivity contribution in [3.8, 4) is 0 Å². The second-order valence-electron chi connectivity index (χ2n) is 5.41. The van der Waals surface area contributed by atoms with Crippen molar-refractivity contribution in [1.29, 1.82) is 0 Å². The maximum absolute atomic E-state index is 12.1. The van der Waals surface area contributed by atoms with E-state index in [2.05, 4.69) is 17.2 Å². The molecule has 0 spiro atoms. The first kappa shape index (κ1) is 16.2. The Balaban J connectivity index is 1.76. The Morgan fingerprint density at radius 3 is 2.79 bits per heavy atom. The first-order valence-electron chi connectivity index (χ1n) is 7.79. The molecular formula is C20H17ClN2O. The van der Waals surface area contributed by atoms with Gasteiger partial charge in [0, 0.05) is 22.2 Å². The number of para-hydroxylation sites is 1. The summed E-state index contributed by atoms with van der Waals surface area (Å²) in [6.07, 6.45) is 4.06. The molecule has 1 amide bonds. The van der Waals surface area contributed by atoms with Crippen LogP contribution in [0.4, 0.5) is 5.69 Å². The summed E-state index contributed by atoms with van der Waals surface area (Å²) in [7, 11) is 0. The van der Waals surface area contributed by atoms with Crippen LogP contribution < -0.4 is 5.32 Å². The number of anilines is 1. The number of fused-ring (bicyclic) bond motifs is 1. The smallest absolute Gasteiger partial charge is 0.248 e. The van der Waals surface area contributed by atoms with Crippen LogP contribution in [0.25, 0.3) is 17.0 Å². The van der Waals surface area contributed by atoms with E-state index >= 15 is 0 Å². The first-order valence-corrected chi connectivity index (χ1v) is 8.17. The van der Waals surface area contributed by atoms with Gasteiger partial charge in [-0.1, -0.05) is 48.9 Å². The normalized spacial score (nSPS) is 11.1. The summed E-state index contributed by atoms with van der Waals surface area (Å²) in [4.78, 5) is 16.6. The highest BCUT2D eigenvalue weighted by atomic mass is 35.5. The minimum Gasteiger partial charge on any atom is -0.322 e. The third kappa shape index (κ3) is 3.81. The van der Waals surface area contributed by atoms with Crippen LogP contribution >= 0.6 is 11.6 Å². The summed E-state index contributed by atoms with van der Waals surface area (Å²) in [5, 5.41) is 4.56. The van der Waals surface area contributed by atoms with Gasteiger partial charge in [-0.05, 0) is 42.3 Å². The quantitative estimate of drug-likeness (QED) is 0.673. The zero-order valence-electron chi connectivity index (χ0n) is 13.3. The van der Waals surface area contributed by atoms with Gasteiger partial charge in [-0.2, -0.15) is 0 Å². The molecule has 2 aromatic carbocycles. The highest BCUT2D eigenvalue weighted by Gasteiger charge is 2.03. The average molecular weight is 337 g/mol. The fraction of sp³-hybridized carbons (Fsp3) is 0.100. The van der Waals surface area contributed by atoms with Gasteiger partial charge in [-0.3, -0.25) is 4.79 Å². The molecule has 0 atom stereocenters. The molecule has 1 heterocycles. The van der Waals surface area contributed by atoms with Crippen molar-refractivity contribution in [3.63, 3.8) is 0 Å². The van der Waals surface area contributed by atoms with E-state index in [9.17, 15) is 4.79 Å².